The van der Waals surface area contributed by atoms with Crippen LogP contribution in [0.5, 0.6) is 0 Å². The zero-order chi connectivity index (χ0) is 62.0. The van der Waals surface area contributed by atoms with Gasteiger partial charge in [-0.25, -0.2) is 4.79 Å². The first-order valence-electron chi connectivity index (χ1n) is 27.7. The number of amides is 9. The van der Waals surface area contributed by atoms with E-state index in [0.717, 1.165) is 4.90 Å². The third-order valence-electron chi connectivity index (χ3n) is 13.8. The number of guanidine groups is 2. The molecule has 30 heteroatoms. The number of aliphatic hydroxyl groups is 2. The van der Waals surface area contributed by atoms with Crippen LogP contribution in [0.3, 0.4) is 0 Å². The maximum Gasteiger partial charge on any atom is 0.326 e. The van der Waals surface area contributed by atoms with Crippen LogP contribution in [0.1, 0.15) is 76.3 Å². The molecule has 20 N–H and O–H groups in total. The molecular formula is C54H82N16O13S. The summed E-state index contributed by atoms with van der Waals surface area (Å²) in [5.74, 6) is -9.11. The summed E-state index contributed by atoms with van der Waals surface area (Å²) in [7, 11) is 0. The average molecular weight is 1200 g/mol. The van der Waals surface area contributed by atoms with Crippen molar-refractivity contribution in [3.8, 4) is 0 Å². The molecule has 0 aliphatic carbocycles. The Bertz CT molecular complexity index is 2630. The summed E-state index contributed by atoms with van der Waals surface area (Å²) in [5.41, 5.74) is 28.6. The van der Waals surface area contributed by atoms with Gasteiger partial charge in [0.1, 0.15) is 48.3 Å². The van der Waals surface area contributed by atoms with Crippen LogP contribution in [-0.2, 0) is 60.8 Å². The fraction of sp³-hybridized carbons (Fsp3) is 0.556. The molecule has 10 atom stereocenters. The average Bonchev–Trinajstić information content (AvgIpc) is 4.21. The fourth-order valence-electron chi connectivity index (χ4n) is 9.50. The maximum atomic E-state index is 14.3. The van der Waals surface area contributed by atoms with Crippen LogP contribution in [-0.4, -0.2) is 202 Å². The van der Waals surface area contributed by atoms with Gasteiger partial charge in [0, 0.05) is 51.2 Å². The lowest BCUT2D eigenvalue weighted by atomic mass is 10.00. The first-order valence-corrected chi connectivity index (χ1v) is 28.3. The minimum Gasteiger partial charge on any atom is -0.480 e. The quantitative estimate of drug-likeness (QED) is 0.0138. The van der Waals surface area contributed by atoms with Crippen molar-refractivity contribution in [1.82, 2.24) is 47.0 Å². The van der Waals surface area contributed by atoms with E-state index in [9.17, 15) is 63.3 Å². The number of aliphatic hydroxyl groups excluding tert-OH is 2. The Balaban J connectivity index is 1.47. The number of β-amino-alcohol motifs (C(OH)–C–C–N with tert-alkyl or cyclic N) is 1. The SMILES string of the molecule is CC(C)C[C@H](NC(=O)[C@@H](Cc1ccccc1)NC(=O)[C@H](CO)NC(=O)[C@H](Cc1ccccc1)NC(=O)CNC(=O)[C@@H]1C[C@@H](O)CN1C(=O)[C@@H]1CCCN1C(=O)[C@H](CCCN=C(N)N)NC(=O)[C@@H](N)CS)C(=O)N[C@@H](CCCN=C(N)N)C(=O)O. The van der Waals surface area contributed by atoms with Crippen LogP contribution < -0.4 is 65.9 Å². The van der Waals surface area contributed by atoms with Gasteiger partial charge in [0.2, 0.25) is 53.2 Å². The molecule has 9 amide bonds. The van der Waals surface area contributed by atoms with Gasteiger partial charge in [-0.1, -0.05) is 74.5 Å². The number of nitrogens with one attached hydrogen (secondary N) is 7. The Kier molecular flexibility index (Phi) is 28.1. The van der Waals surface area contributed by atoms with E-state index in [1.165, 1.54) is 4.90 Å². The molecule has 0 unspecified atom stereocenters. The molecule has 0 bridgehead atoms. The molecule has 0 spiro atoms. The van der Waals surface area contributed by atoms with Gasteiger partial charge < -0.3 is 91.0 Å². The number of nitrogens with zero attached hydrogens (tertiary/aromatic N) is 4. The predicted molar refractivity (Wildman–Crippen MR) is 312 cm³/mol. The highest BCUT2D eigenvalue weighted by Crippen LogP contribution is 2.27. The lowest BCUT2D eigenvalue weighted by Gasteiger charge is -2.33. The van der Waals surface area contributed by atoms with Crippen LogP contribution in [0.4, 0.5) is 0 Å². The third kappa shape index (κ3) is 22.2. The van der Waals surface area contributed by atoms with Crippen LogP contribution in [0.2, 0.25) is 0 Å². The van der Waals surface area contributed by atoms with E-state index in [-0.39, 0.29) is 108 Å². The lowest BCUT2D eigenvalue weighted by Crippen LogP contribution is -2.60. The van der Waals surface area contributed by atoms with E-state index in [1.807, 2.05) is 0 Å². The van der Waals surface area contributed by atoms with E-state index in [1.54, 1.807) is 74.5 Å². The molecule has 84 heavy (non-hydrogen) atoms. The molecule has 2 aromatic carbocycles. The second-order valence-electron chi connectivity index (χ2n) is 20.9. The molecule has 2 aromatic rings. The van der Waals surface area contributed by atoms with Crippen molar-refractivity contribution in [2.24, 2.45) is 44.6 Å². The summed E-state index contributed by atoms with van der Waals surface area (Å²) in [4.78, 5) is 147. The number of carboxylic acid groups (broad SMARTS) is 1. The van der Waals surface area contributed by atoms with Crippen LogP contribution in [0.25, 0.3) is 0 Å². The van der Waals surface area contributed by atoms with Gasteiger partial charge in [-0.3, -0.25) is 53.1 Å². The molecule has 0 aromatic heterocycles. The molecule has 2 fully saturated rings. The Hall–Kier alpha value is -8.09. The van der Waals surface area contributed by atoms with E-state index in [2.05, 4.69) is 59.8 Å². The number of likely N-dealkylation sites (tertiary alicyclic amines) is 2. The molecule has 0 saturated carbocycles. The van der Waals surface area contributed by atoms with Crippen molar-refractivity contribution in [3.05, 3.63) is 71.8 Å². The molecule has 2 aliphatic rings. The van der Waals surface area contributed by atoms with Crippen molar-refractivity contribution in [1.29, 1.82) is 0 Å². The Morgan fingerprint density at radius 1 is 0.655 bits per heavy atom. The van der Waals surface area contributed by atoms with Crippen LogP contribution in [0, 0.1) is 5.92 Å². The minimum absolute atomic E-state index is 0.00892. The first-order chi connectivity index (χ1) is 39.9. The highest BCUT2D eigenvalue weighted by molar-refractivity contribution is 7.80. The maximum absolute atomic E-state index is 14.3. The number of nitrogens with two attached hydrogens (primary N) is 5. The zero-order valence-corrected chi connectivity index (χ0v) is 48.1. The van der Waals surface area contributed by atoms with Crippen LogP contribution >= 0.6 is 12.6 Å². The molecule has 29 nitrogen and oxygen atoms in total. The Morgan fingerprint density at radius 3 is 1.67 bits per heavy atom. The largest absolute Gasteiger partial charge is 0.480 e. The Morgan fingerprint density at radius 2 is 1.14 bits per heavy atom. The summed E-state index contributed by atoms with van der Waals surface area (Å²) in [6.07, 6.45) is -0.456. The molecule has 2 aliphatic heterocycles. The summed E-state index contributed by atoms with van der Waals surface area (Å²) in [5, 5.41) is 48.9. The summed E-state index contributed by atoms with van der Waals surface area (Å²) in [6, 6.07) is 5.17. The van der Waals surface area contributed by atoms with Gasteiger partial charge >= 0.3 is 5.97 Å². The standard InChI is InChI=1S/C54H82N16O13S/c1-30(2)22-37(45(75)65-36(52(82)83)17-10-20-61-54(58)59)66-47(77)39(24-32-14-7-4-8-15-32)67-48(78)40(28-71)68-46(76)38(23-31-12-5-3-6-13-31)63-43(73)26-62-49(79)42-25-33(72)27-70(42)51(81)41-18-11-21-69(41)50(80)35(16-9-19-60-53(56)57)64-44(74)34(55)29-84/h3-8,12-15,30,33-42,71-72,84H,9-11,16-29,55H2,1-2H3,(H,62,79)(H,63,73)(H,64,74)(H,65,75)(H,66,77)(H,67,78)(H,68,76)(H,82,83)(H4,56,57,60)(H4,58,59,61)/t33-,34+,35+,36+,37+,38+,39-,40+,41+,42+/m1/s1. The van der Waals surface area contributed by atoms with Crippen molar-refractivity contribution in [3.63, 3.8) is 0 Å². The van der Waals surface area contributed by atoms with E-state index in [4.69, 9.17) is 28.7 Å². The predicted octanol–water partition coefficient (Wildman–Crippen LogP) is -5.06. The highest BCUT2D eigenvalue weighted by atomic mass is 32.1. The number of rotatable bonds is 33. The molecular weight excluding hydrogens is 1110 g/mol. The van der Waals surface area contributed by atoms with Crippen molar-refractivity contribution < 1.29 is 63.3 Å². The zero-order valence-electron chi connectivity index (χ0n) is 47.2. The van der Waals surface area contributed by atoms with Crippen molar-refractivity contribution in [2.45, 2.75) is 139 Å². The normalized spacial score (nSPS) is 18.1. The van der Waals surface area contributed by atoms with Gasteiger partial charge in [0.25, 0.3) is 0 Å². The molecule has 0 radical (unpaired) electrons. The summed E-state index contributed by atoms with van der Waals surface area (Å²) < 4.78 is 0. The second kappa shape index (κ2) is 34.5. The molecule has 462 valence electrons. The van der Waals surface area contributed by atoms with E-state index >= 15 is 0 Å². The van der Waals surface area contributed by atoms with Crippen LogP contribution in [0.15, 0.2) is 70.6 Å². The van der Waals surface area contributed by atoms with E-state index < -0.39 is 133 Å². The number of aliphatic carboxylic acids is 1. The van der Waals surface area contributed by atoms with Crippen molar-refractivity contribution >= 4 is 83.7 Å². The molecule has 2 heterocycles. The molecule has 4 rings (SSSR count). The van der Waals surface area contributed by atoms with Gasteiger partial charge in [-0.05, 0) is 62.0 Å². The number of benzene rings is 2. The number of hydrogen-bond acceptors (Lipinski definition) is 16. The smallest absolute Gasteiger partial charge is 0.326 e. The van der Waals surface area contributed by atoms with Gasteiger partial charge in [0.05, 0.1) is 25.3 Å². The van der Waals surface area contributed by atoms with Gasteiger partial charge in [0.15, 0.2) is 11.9 Å². The van der Waals surface area contributed by atoms with Gasteiger partial charge in [-0.2, -0.15) is 12.6 Å². The lowest BCUT2D eigenvalue weighted by molar-refractivity contribution is -0.148. The topological polar surface area (TPSA) is 477 Å². The third-order valence-corrected chi connectivity index (χ3v) is 14.2. The summed E-state index contributed by atoms with van der Waals surface area (Å²) >= 11 is 4.07. The number of carbonyl (C=O) groups is 10. The number of aliphatic imine (C=N–C) groups is 2. The first kappa shape index (κ1) is 68.4. The molecule has 2 saturated heterocycles. The number of thiol groups is 1. The van der Waals surface area contributed by atoms with E-state index in [0.29, 0.717) is 17.5 Å². The monoisotopic (exact) mass is 1190 g/mol. The summed E-state index contributed by atoms with van der Waals surface area (Å²) in [6.45, 7) is 1.95. The van der Waals surface area contributed by atoms with Gasteiger partial charge in [-0.15, -0.1) is 0 Å². The van der Waals surface area contributed by atoms with Crippen molar-refractivity contribution in [2.75, 3.05) is 45.1 Å². The number of hydrogen-bond donors (Lipinski definition) is 16. The highest BCUT2D eigenvalue weighted by Gasteiger charge is 2.46. The second-order valence-corrected chi connectivity index (χ2v) is 21.3. The minimum atomic E-state index is -1.72. The number of carboxylic acids is 1. The Labute approximate surface area is 492 Å². The number of carbonyl (C=O) groups excluding carboxylic acids is 9. The fourth-order valence-corrected chi connectivity index (χ4v) is 9.67.